The standard InChI is InChI=1S/C12H16F3NOS/c1-8(2)10-5-3-4-9(16-10)6-18-7-11(17)12(13,14)15/h3-5,8,11,17H,6-7H2,1-2H3/t11-/m0/s1. The molecule has 0 aromatic carbocycles. The number of halogens is 3. The fraction of sp³-hybridized carbons (Fsp3) is 0.583. The van der Waals surface area contributed by atoms with E-state index in [1.54, 1.807) is 6.07 Å². The number of alkyl halides is 3. The van der Waals surface area contributed by atoms with Crippen molar-refractivity contribution in [1.29, 1.82) is 0 Å². The highest BCUT2D eigenvalue weighted by Gasteiger charge is 2.37. The quantitative estimate of drug-likeness (QED) is 0.897. The molecule has 18 heavy (non-hydrogen) atoms. The van der Waals surface area contributed by atoms with Crippen molar-refractivity contribution >= 4 is 11.8 Å². The van der Waals surface area contributed by atoms with Crippen molar-refractivity contribution in [3.05, 3.63) is 29.6 Å². The maximum Gasteiger partial charge on any atom is 0.415 e. The first-order valence-electron chi connectivity index (χ1n) is 5.59. The van der Waals surface area contributed by atoms with E-state index in [1.807, 2.05) is 26.0 Å². The molecule has 0 unspecified atom stereocenters. The van der Waals surface area contributed by atoms with Crippen molar-refractivity contribution in [3.63, 3.8) is 0 Å². The molecule has 102 valence electrons. The summed E-state index contributed by atoms with van der Waals surface area (Å²) >= 11 is 1.03. The molecule has 0 fully saturated rings. The maximum atomic E-state index is 12.1. The molecule has 0 spiro atoms. The first kappa shape index (κ1) is 15.3. The monoisotopic (exact) mass is 279 g/mol. The van der Waals surface area contributed by atoms with Crippen LogP contribution in [0.15, 0.2) is 18.2 Å². The third-order valence-corrected chi connectivity index (χ3v) is 3.37. The molecule has 6 heteroatoms. The summed E-state index contributed by atoms with van der Waals surface area (Å²) in [7, 11) is 0. The molecular formula is C12H16F3NOS. The van der Waals surface area contributed by atoms with Crippen LogP contribution in [-0.4, -0.2) is 28.1 Å². The van der Waals surface area contributed by atoms with E-state index in [0.29, 0.717) is 5.75 Å². The Balaban J connectivity index is 2.47. The normalized spacial score (nSPS) is 13.9. The Morgan fingerprint density at radius 3 is 2.56 bits per heavy atom. The van der Waals surface area contributed by atoms with Crippen LogP contribution >= 0.6 is 11.8 Å². The number of hydrogen-bond acceptors (Lipinski definition) is 3. The van der Waals surface area contributed by atoms with Gasteiger partial charge in [0.25, 0.3) is 0 Å². The van der Waals surface area contributed by atoms with Crippen molar-refractivity contribution < 1.29 is 18.3 Å². The van der Waals surface area contributed by atoms with Crippen LogP contribution in [0.2, 0.25) is 0 Å². The van der Waals surface area contributed by atoms with Gasteiger partial charge in [0.1, 0.15) is 0 Å². The lowest BCUT2D eigenvalue weighted by atomic mass is 10.1. The largest absolute Gasteiger partial charge is 0.415 e. The molecule has 0 bridgehead atoms. The average Bonchev–Trinajstić information content (AvgIpc) is 2.28. The molecule has 0 aliphatic carbocycles. The Hall–Kier alpha value is -0.750. The molecule has 0 amide bonds. The zero-order chi connectivity index (χ0) is 13.8. The van der Waals surface area contributed by atoms with Crippen LogP contribution in [0.3, 0.4) is 0 Å². The summed E-state index contributed by atoms with van der Waals surface area (Å²) in [6, 6.07) is 5.51. The van der Waals surface area contributed by atoms with E-state index in [2.05, 4.69) is 4.98 Å². The van der Waals surface area contributed by atoms with Crippen molar-refractivity contribution in [3.8, 4) is 0 Å². The minimum Gasteiger partial charge on any atom is -0.383 e. The summed E-state index contributed by atoms with van der Waals surface area (Å²) in [5.41, 5.74) is 1.66. The van der Waals surface area contributed by atoms with E-state index in [-0.39, 0.29) is 11.7 Å². The van der Waals surface area contributed by atoms with Crippen LogP contribution in [0, 0.1) is 0 Å². The number of nitrogens with zero attached hydrogens (tertiary/aromatic N) is 1. The van der Waals surface area contributed by atoms with E-state index >= 15 is 0 Å². The van der Waals surface area contributed by atoms with Gasteiger partial charge < -0.3 is 5.11 Å². The molecule has 1 atom stereocenters. The molecule has 1 N–H and O–H groups in total. The molecule has 1 heterocycles. The molecule has 2 nitrogen and oxygen atoms in total. The van der Waals surface area contributed by atoms with Gasteiger partial charge in [-0.1, -0.05) is 19.9 Å². The second-order valence-corrected chi connectivity index (χ2v) is 5.31. The number of thioether (sulfide) groups is 1. The molecule has 1 rings (SSSR count). The molecule has 0 radical (unpaired) electrons. The Labute approximate surface area is 109 Å². The molecule has 0 saturated carbocycles. The van der Waals surface area contributed by atoms with Gasteiger partial charge in [-0.3, -0.25) is 4.98 Å². The fourth-order valence-corrected chi connectivity index (χ4v) is 2.17. The summed E-state index contributed by atoms with van der Waals surface area (Å²) in [6.07, 6.45) is -6.81. The van der Waals surface area contributed by atoms with Crippen LogP contribution in [0.1, 0.15) is 31.2 Å². The van der Waals surface area contributed by atoms with Gasteiger partial charge in [0, 0.05) is 17.2 Å². The van der Waals surface area contributed by atoms with E-state index in [4.69, 9.17) is 5.11 Å². The van der Waals surface area contributed by atoms with Crippen LogP contribution < -0.4 is 0 Å². The van der Waals surface area contributed by atoms with Crippen LogP contribution in [0.5, 0.6) is 0 Å². The van der Waals surface area contributed by atoms with Gasteiger partial charge in [0.2, 0.25) is 0 Å². The second-order valence-electron chi connectivity index (χ2n) is 4.28. The minimum atomic E-state index is -4.54. The van der Waals surface area contributed by atoms with Gasteiger partial charge in [0.15, 0.2) is 6.10 Å². The van der Waals surface area contributed by atoms with Crippen LogP contribution in [0.25, 0.3) is 0 Å². The zero-order valence-electron chi connectivity index (χ0n) is 10.2. The number of rotatable bonds is 5. The van der Waals surface area contributed by atoms with E-state index in [1.165, 1.54) is 0 Å². The first-order valence-corrected chi connectivity index (χ1v) is 6.74. The number of aromatic nitrogens is 1. The molecule has 1 aromatic rings. The average molecular weight is 279 g/mol. The van der Waals surface area contributed by atoms with Crippen molar-refractivity contribution in [2.24, 2.45) is 0 Å². The number of aliphatic hydroxyl groups excluding tert-OH is 1. The molecule has 0 saturated heterocycles. The highest BCUT2D eigenvalue weighted by Crippen LogP contribution is 2.24. The van der Waals surface area contributed by atoms with E-state index in [0.717, 1.165) is 23.1 Å². The zero-order valence-corrected chi connectivity index (χ0v) is 11.1. The number of aliphatic hydroxyl groups is 1. The maximum absolute atomic E-state index is 12.1. The Bertz CT molecular complexity index is 382. The number of pyridine rings is 1. The Kier molecular flexibility index (Phi) is 5.47. The van der Waals surface area contributed by atoms with Gasteiger partial charge in [-0.15, -0.1) is 0 Å². The summed E-state index contributed by atoms with van der Waals surface area (Å²) in [4.78, 5) is 4.35. The summed E-state index contributed by atoms with van der Waals surface area (Å²) in [5, 5.41) is 8.84. The first-order chi connectivity index (χ1) is 8.30. The summed E-state index contributed by atoms with van der Waals surface area (Å²) < 4.78 is 36.2. The SMILES string of the molecule is CC(C)c1cccc(CSC[C@H](O)C(F)(F)F)n1. The van der Waals surface area contributed by atoms with Crippen LogP contribution in [-0.2, 0) is 5.75 Å². The topological polar surface area (TPSA) is 33.1 Å². The summed E-state index contributed by atoms with van der Waals surface area (Å²) in [5.74, 6) is 0.292. The molecular weight excluding hydrogens is 263 g/mol. The lowest BCUT2D eigenvalue weighted by molar-refractivity contribution is -0.195. The lowest BCUT2D eigenvalue weighted by Crippen LogP contribution is -2.30. The van der Waals surface area contributed by atoms with E-state index < -0.39 is 12.3 Å². The van der Waals surface area contributed by atoms with Gasteiger partial charge in [-0.25, -0.2) is 0 Å². The molecule has 0 aliphatic rings. The Morgan fingerprint density at radius 1 is 1.33 bits per heavy atom. The second kappa shape index (κ2) is 6.43. The van der Waals surface area contributed by atoms with E-state index in [9.17, 15) is 13.2 Å². The smallest absolute Gasteiger partial charge is 0.383 e. The van der Waals surface area contributed by atoms with Gasteiger partial charge in [-0.2, -0.15) is 24.9 Å². The Morgan fingerprint density at radius 2 is 2.00 bits per heavy atom. The third-order valence-electron chi connectivity index (χ3n) is 2.32. The lowest BCUT2D eigenvalue weighted by Gasteiger charge is -2.13. The van der Waals surface area contributed by atoms with Gasteiger partial charge in [0.05, 0.1) is 5.69 Å². The van der Waals surface area contributed by atoms with Gasteiger partial charge >= 0.3 is 6.18 Å². The molecule has 1 aromatic heterocycles. The van der Waals surface area contributed by atoms with Crippen molar-refractivity contribution in [2.75, 3.05) is 5.75 Å². The highest BCUT2D eigenvalue weighted by atomic mass is 32.2. The fourth-order valence-electron chi connectivity index (χ4n) is 1.27. The predicted molar refractivity (Wildman–Crippen MR) is 66.5 cm³/mol. The highest BCUT2D eigenvalue weighted by molar-refractivity contribution is 7.98. The van der Waals surface area contributed by atoms with Crippen LogP contribution in [0.4, 0.5) is 13.2 Å². The minimum absolute atomic E-state index is 0.288. The molecule has 0 aliphatic heterocycles. The summed E-state index contributed by atoms with van der Waals surface area (Å²) in [6.45, 7) is 4.01. The third kappa shape index (κ3) is 4.86. The predicted octanol–water partition coefficient (Wildman–Crippen LogP) is 3.36. The van der Waals surface area contributed by atoms with Crippen molar-refractivity contribution in [1.82, 2.24) is 4.98 Å². The van der Waals surface area contributed by atoms with Gasteiger partial charge in [-0.05, 0) is 18.1 Å². The number of hydrogen-bond donors (Lipinski definition) is 1. The van der Waals surface area contributed by atoms with Crippen molar-refractivity contribution in [2.45, 2.75) is 37.8 Å².